The number of aromatic nitrogens is 2. The van der Waals surface area contributed by atoms with Gasteiger partial charge in [-0.05, 0) is 6.54 Å². The highest BCUT2D eigenvalue weighted by Crippen LogP contribution is 2.02. The Morgan fingerprint density at radius 2 is 2.27 bits per heavy atom. The zero-order valence-corrected chi connectivity index (χ0v) is 6.72. The van der Waals surface area contributed by atoms with Crippen LogP contribution in [0.15, 0.2) is 4.42 Å². The lowest BCUT2D eigenvalue weighted by Crippen LogP contribution is -2.11. The van der Waals surface area contributed by atoms with Crippen molar-refractivity contribution in [3.8, 4) is 0 Å². The molecule has 0 bridgehead atoms. The van der Waals surface area contributed by atoms with Crippen molar-refractivity contribution in [2.45, 2.75) is 13.5 Å². The van der Waals surface area contributed by atoms with E-state index in [-0.39, 0.29) is 0 Å². The molecule has 0 amide bonds. The van der Waals surface area contributed by atoms with E-state index in [1.165, 1.54) is 0 Å². The molecule has 1 aromatic heterocycles. The molecule has 0 unspecified atom stereocenters. The third-order valence-corrected chi connectivity index (χ3v) is 1.21. The molecular weight excluding hydrogens is 144 g/mol. The van der Waals surface area contributed by atoms with E-state index in [4.69, 9.17) is 4.42 Å². The predicted octanol–water partition coefficient (Wildman–Crippen LogP) is 0.221. The van der Waals surface area contributed by atoms with Crippen LogP contribution in [0, 0.1) is 0 Å². The van der Waals surface area contributed by atoms with Gasteiger partial charge < -0.3 is 15.1 Å². The largest absolute Gasteiger partial charge is 0.407 e. The molecule has 0 saturated carbocycles. The van der Waals surface area contributed by atoms with Crippen LogP contribution in [0.4, 0.5) is 6.01 Å². The number of hydrogen-bond acceptors (Lipinski definition) is 5. The molecule has 2 N–H and O–H groups in total. The topological polar surface area (TPSA) is 63.0 Å². The van der Waals surface area contributed by atoms with E-state index in [1.54, 1.807) is 7.05 Å². The molecule has 0 fully saturated rings. The minimum Gasteiger partial charge on any atom is -0.407 e. The summed E-state index contributed by atoms with van der Waals surface area (Å²) < 4.78 is 5.14. The first-order valence-electron chi connectivity index (χ1n) is 3.57. The van der Waals surface area contributed by atoms with Crippen LogP contribution in [0.1, 0.15) is 12.8 Å². The van der Waals surface area contributed by atoms with Gasteiger partial charge in [-0.15, -0.1) is 5.10 Å². The summed E-state index contributed by atoms with van der Waals surface area (Å²) in [5, 5.41) is 13.3. The first kappa shape index (κ1) is 8.00. The number of rotatable bonds is 4. The Hall–Kier alpha value is -1.10. The van der Waals surface area contributed by atoms with Gasteiger partial charge in [0.15, 0.2) is 0 Å². The second-order valence-electron chi connectivity index (χ2n) is 2.03. The molecule has 0 spiro atoms. The van der Waals surface area contributed by atoms with Crippen molar-refractivity contribution in [2.75, 3.05) is 18.9 Å². The van der Waals surface area contributed by atoms with Crippen LogP contribution in [0.5, 0.6) is 0 Å². The van der Waals surface area contributed by atoms with Gasteiger partial charge in [0.05, 0.1) is 6.54 Å². The van der Waals surface area contributed by atoms with Crippen LogP contribution in [0.25, 0.3) is 0 Å². The molecule has 0 radical (unpaired) electrons. The second-order valence-corrected chi connectivity index (χ2v) is 2.03. The summed E-state index contributed by atoms with van der Waals surface area (Å²) in [7, 11) is 1.74. The molecule has 5 heteroatoms. The number of nitrogens with zero attached hydrogens (tertiary/aromatic N) is 2. The maximum atomic E-state index is 5.14. The van der Waals surface area contributed by atoms with Crippen molar-refractivity contribution < 1.29 is 4.42 Å². The van der Waals surface area contributed by atoms with Gasteiger partial charge in [0.2, 0.25) is 5.89 Å². The standard InChI is InChI=1S/C6H12N4O/c1-3-8-4-5-9-10-6(7-2)11-5/h8H,3-4H2,1-2H3,(H,7,10). The first-order valence-corrected chi connectivity index (χ1v) is 3.57. The van der Waals surface area contributed by atoms with Crippen LogP contribution in [0.2, 0.25) is 0 Å². The molecule has 5 nitrogen and oxygen atoms in total. The third-order valence-electron chi connectivity index (χ3n) is 1.21. The molecule has 0 saturated heterocycles. The summed E-state index contributed by atoms with van der Waals surface area (Å²) in [6.07, 6.45) is 0. The highest BCUT2D eigenvalue weighted by Gasteiger charge is 2.01. The van der Waals surface area contributed by atoms with Gasteiger partial charge in [0, 0.05) is 7.05 Å². The van der Waals surface area contributed by atoms with Crippen LogP contribution in [-0.2, 0) is 6.54 Å². The van der Waals surface area contributed by atoms with E-state index in [0.717, 1.165) is 6.54 Å². The van der Waals surface area contributed by atoms with Crippen LogP contribution < -0.4 is 10.6 Å². The number of nitrogens with one attached hydrogen (secondary N) is 2. The highest BCUT2D eigenvalue weighted by molar-refractivity contribution is 5.14. The smallest absolute Gasteiger partial charge is 0.315 e. The number of anilines is 1. The van der Waals surface area contributed by atoms with E-state index in [9.17, 15) is 0 Å². The van der Waals surface area contributed by atoms with Crippen LogP contribution in [0.3, 0.4) is 0 Å². The van der Waals surface area contributed by atoms with Crippen LogP contribution >= 0.6 is 0 Å². The zero-order chi connectivity index (χ0) is 8.10. The summed E-state index contributed by atoms with van der Waals surface area (Å²) in [5.74, 6) is 0.608. The lowest BCUT2D eigenvalue weighted by molar-refractivity contribution is 0.483. The first-order chi connectivity index (χ1) is 5.36. The van der Waals surface area contributed by atoms with Crippen molar-refractivity contribution in [1.29, 1.82) is 0 Å². The Morgan fingerprint density at radius 1 is 1.45 bits per heavy atom. The minimum atomic E-state index is 0.456. The van der Waals surface area contributed by atoms with Gasteiger partial charge in [-0.3, -0.25) is 0 Å². The van der Waals surface area contributed by atoms with Crippen molar-refractivity contribution in [1.82, 2.24) is 15.5 Å². The predicted molar refractivity (Wildman–Crippen MR) is 41.2 cm³/mol. The maximum absolute atomic E-state index is 5.14. The molecule has 1 heterocycles. The van der Waals surface area contributed by atoms with Crippen molar-refractivity contribution in [3.05, 3.63) is 5.89 Å². The Morgan fingerprint density at radius 3 is 2.82 bits per heavy atom. The van der Waals surface area contributed by atoms with E-state index in [0.29, 0.717) is 18.5 Å². The zero-order valence-electron chi connectivity index (χ0n) is 6.72. The van der Waals surface area contributed by atoms with Gasteiger partial charge in [0.1, 0.15) is 0 Å². The van der Waals surface area contributed by atoms with Crippen LogP contribution in [-0.4, -0.2) is 23.8 Å². The summed E-state index contributed by atoms with van der Waals surface area (Å²) in [5.41, 5.74) is 0. The lowest BCUT2D eigenvalue weighted by Gasteiger charge is -1.93. The monoisotopic (exact) mass is 156 g/mol. The quantitative estimate of drug-likeness (QED) is 0.653. The fraction of sp³-hybridized carbons (Fsp3) is 0.667. The molecule has 1 aromatic rings. The Balaban J connectivity index is 2.44. The molecule has 0 aliphatic heterocycles. The SMILES string of the molecule is CCNCc1nnc(NC)o1. The second kappa shape index (κ2) is 3.92. The maximum Gasteiger partial charge on any atom is 0.315 e. The summed E-state index contributed by atoms with van der Waals surface area (Å²) in [6.45, 7) is 3.55. The Kier molecular flexibility index (Phi) is 2.85. The van der Waals surface area contributed by atoms with Gasteiger partial charge in [-0.1, -0.05) is 12.0 Å². The van der Waals surface area contributed by atoms with E-state index >= 15 is 0 Å². The molecule has 0 aliphatic carbocycles. The van der Waals surface area contributed by atoms with E-state index in [2.05, 4.69) is 20.8 Å². The van der Waals surface area contributed by atoms with Crippen molar-refractivity contribution in [2.24, 2.45) is 0 Å². The average Bonchev–Trinajstić information content (AvgIpc) is 2.48. The minimum absolute atomic E-state index is 0.456. The highest BCUT2D eigenvalue weighted by atomic mass is 16.4. The summed E-state index contributed by atoms with van der Waals surface area (Å²) in [6, 6.07) is 0.456. The fourth-order valence-corrected chi connectivity index (χ4v) is 0.658. The molecule has 0 atom stereocenters. The summed E-state index contributed by atoms with van der Waals surface area (Å²) >= 11 is 0. The normalized spacial score (nSPS) is 10.0. The summed E-state index contributed by atoms with van der Waals surface area (Å²) in [4.78, 5) is 0. The lowest BCUT2D eigenvalue weighted by atomic mass is 10.6. The molecule has 11 heavy (non-hydrogen) atoms. The van der Waals surface area contributed by atoms with Crippen molar-refractivity contribution >= 4 is 6.01 Å². The van der Waals surface area contributed by atoms with E-state index in [1.807, 2.05) is 6.92 Å². The van der Waals surface area contributed by atoms with Gasteiger partial charge in [0.25, 0.3) is 0 Å². The molecular formula is C6H12N4O. The molecule has 0 aliphatic rings. The van der Waals surface area contributed by atoms with Gasteiger partial charge >= 0.3 is 6.01 Å². The van der Waals surface area contributed by atoms with Crippen molar-refractivity contribution in [3.63, 3.8) is 0 Å². The molecule has 1 rings (SSSR count). The molecule has 0 aromatic carbocycles. The Labute approximate surface area is 65.2 Å². The molecule has 62 valence electrons. The van der Waals surface area contributed by atoms with E-state index < -0.39 is 0 Å². The van der Waals surface area contributed by atoms with Gasteiger partial charge in [-0.2, -0.15) is 0 Å². The Bertz CT molecular complexity index is 210. The third kappa shape index (κ3) is 2.19. The number of hydrogen-bond donors (Lipinski definition) is 2. The fourth-order valence-electron chi connectivity index (χ4n) is 0.658. The average molecular weight is 156 g/mol. The van der Waals surface area contributed by atoms with Gasteiger partial charge in [-0.25, -0.2) is 0 Å².